The summed E-state index contributed by atoms with van der Waals surface area (Å²) in [5.41, 5.74) is 1.60. The topological polar surface area (TPSA) is 27.3 Å². The Morgan fingerprint density at radius 2 is 1.94 bits per heavy atom. The van der Waals surface area contributed by atoms with Crippen molar-refractivity contribution in [3.63, 3.8) is 0 Å². The number of allylic oxidation sites excluding steroid dienone is 1. The van der Waals surface area contributed by atoms with Gasteiger partial charge in [-0.05, 0) is 45.7 Å². The molecule has 0 atom stereocenters. The Hall–Kier alpha value is -0.380. The zero-order chi connectivity index (χ0) is 11.2. The number of hydrogen-bond acceptors (Lipinski definition) is 3. The van der Waals surface area contributed by atoms with Crippen molar-refractivity contribution in [2.75, 3.05) is 32.7 Å². The number of nitrogens with one attached hydrogen (secondary N) is 2. The smallest absolute Gasteiger partial charge is 0.0610 e. The van der Waals surface area contributed by atoms with Crippen molar-refractivity contribution in [1.82, 2.24) is 15.5 Å². The van der Waals surface area contributed by atoms with E-state index in [9.17, 15) is 0 Å². The van der Waals surface area contributed by atoms with E-state index in [1.54, 1.807) is 5.57 Å². The Morgan fingerprint density at radius 1 is 1.25 bits per heavy atom. The van der Waals surface area contributed by atoms with E-state index in [1.807, 2.05) is 0 Å². The molecule has 3 heteroatoms. The van der Waals surface area contributed by atoms with E-state index in [0.29, 0.717) is 6.17 Å². The average Bonchev–Trinajstić information content (AvgIpc) is 2.97. The predicted octanol–water partition coefficient (Wildman–Crippen LogP) is 1.33. The molecule has 2 N–H and O–H groups in total. The molecular weight excluding hydrogens is 198 g/mol. The molecule has 0 aromatic heterocycles. The van der Waals surface area contributed by atoms with Gasteiger partial charge in [-0.1, -0.05) is 11.6 Å². The highest BCUT2D eigenvalue weighted by Crippen LogP contribution is 2.14. The molecule has 0 aromatic carbocycles. The second-order valence-electron chi connectivity index (χ2n) is 4.91. The van der Waals surface area contributed by atoms with E-state index in [0.717, 1.165) is 13.1 Å². The predicted molar refractivity (Wildman–Crippen MR) is 68.5 cm³/mol. The maximum Gasteiger partial charge on any atom is 0.0610 e. The lowest BCUT2D eigenvalue weighted by Crippen LogP contribution is -2.31. The van der Waals surface area contributed by atoms with Gasteiger partial charge in [0.15, 0.2) is 0 Å². The van der Waals surface area contributed by atoms with Gasteiger partial charge in [-0.3, -0.25) is 0 Å². The first-order chi connectivity index (χ1) is 7.88. The van der Waals surface area contributed by atoms with Gasteiger partial charge in [-0.25, -0.2) is 0 Å². The second kappa shape index (κ2) is 6.38. The number of likely N-dealkylation sites (tertiary alicyclic amines) is 1. The molecule has 2 heterocycles. The van der Waals surface area contributed by atoms with Crippen LogP contribution in [0.3, 0.4) is 0 Å². The molecule has 16 heavy (non-hydrogen) atoms. The van der Waals surface area contributed by atoms with Gasteiger partial charge in [0.05, 0.1) is 6.17 Å². The van der Waals surface area contributed by atoms with Crippen LogP contribution in [-0.4, -0.2) is 43.8 Å². The highest BCUT2D eigenvalue weighted by Gasteiger charge is 2.16. The first kappa shape index (κ1) is 12.1. The maximum absolute atomic E-state index is 3.48. The summed E-state index contributed by atoms with van der Waals surface area (Å²) in [6.45, 7) is 8.30. The maximum atomic E-state index is 3.48. The van der Waals surface area contributed by atoms with Crippen LogP contribution in [0.15, 0.2) is 11.6 Å². The third-order valence-corrected chi connectivity index (χ3v) is 3.73. The Bertz CT molecular complexity index is 225. The minimum Gasteiger partial charge on any atom is -0.303 e. The lowest BCUT2D eigenvalue weighted by Gasteiger charge is -2.18. The summed E-state index contributed by atoms with van der Waals surface area (Å²) in [5, 5.41) is 6.97. The minimum absolute atomic E-state index is 0.518. The van der Waals surface area contributed by atoms with Crippen molar-refractivity contribution in [1.29, 1.82) is 0 Å². The summed E-state index contributed by atoms with van der Waals surface area (Å²) in [5.74, 6) is 0. The highest BCUT2D eigenvalue weighted by molar-refractivity contribution is 5.04. The van der Waals surface area contributed by atoms with Crippen molar-refractivity contribution in [2.24, 2.45) is 0 Å². The summed E-state index contributed by atoms with van der Waals surface area (Å²) in [4.78, 5) is 2.60. The molecule has 0 amide bonds. The molecular formula is C13H25N3. The number of rotatable bonds is 5. The molecule has 0 aliphatic carbocycles. The summed E-state index contributed by atoms with van der Waals surface area (Å²) in [6.07, 6.45) is 8.04. The van der Waals surface area contributed by atoms with E-state index in [-0.39, 0.29) is 0 Å². The van der Waals surface area contributed by atoms with Crippen molar-refractivity contribution in [3.8, 4) is 0 Å². The molecule has 2 aliphatic rings. The van der Waals surface area contributed by atoms with E-state index in [1.165, 1.54) is 45.3 Å². The molecule has 0 unspecified atom stereocenters. The van der Waals surface area contributed by atoms with Crippen molar-refractivity contribution < 1.29 is 0 Å². The van der Waals surface area contributed by atoms with Crippen molar-refractivity contribution >= 4 is 0 Å². The van der Waals surface area contributed by atoms with E-state index in [4.69, 9.17) is 0 Å². The van der Waals surface area contributed by atoms with Crippen LogP contribution < -0.4 is 10.6 Å². The summed E-state index contributed by atoms with van der Waals surface area (Å²) in [6, 6.07) is 0. The standard InChI is InChI=1S/C13H25N3/c1-2-12(11-13-14-6-7-15-13)5-10-16-8-3-4-9-16/h2,13-15H,3-11H2,1H3/b12-2-. The average molecular weight is 223 g/mol. The van der Waals surface area contributed by atoms with Gasteiger partial charge in [-0.2, -0.15) is 0 Å². The Morgan fingerprint density at radius 3 is 2.56 bits per heavy atom. The first-order valence-electron chi connectivity index (χ1n) is 6.71. The summed E-state index contributed by atoms with van der Waals surface area (Å²) < 4.78 is 0. The highest BCUT2D eigenvalue weighted by atomic mass is 15.2. The Kier molecular flexibility index (Phi) is 4.82. The zero-order valence-corrected chi connectivity index (χ0v) is 10.5. The van der Waals surface area contributed by atoms with E-state index >= 15 is 0 Å². The van der Waals surface area contributed by atoms with Gasteiger partial charge >= 0.3 is 0 Å². The van der Waals surface area contributed by atoms with Gasteiger partial charge < -0.3 is 15.5 Å². The van der Waals surface area contributed by atoms with Crippen LogP contribution in [0.1, 0.15) is 32.6 Å². The fourth-order valence-electron chi connectivity index (χ4n) is 2.64. The lowest BCUT2D eigenvalue weighted by atomic mass is 10.1. The first-order valence-corrected chi connectivity index (χ1v) is 6.71. The van der Waals surface area contributed by atoms with Crippen LogP contribution in [0.4, 0.5) is 0 Å². The third-order valence-electron chi connectivity index (χ3n) is 3.73. The quantitative estimate of drug-likeness (QED) is 0.689. The van der Waals surface area contributed by atoms with Crippen LogP contribution >= 0.6 is 0 Å². The Labute approximate surface area is 99.3 Å². The van der Waals surface area contributed by atoms with Crippen LogP contribution in [0.25, 0.3) is 0 Å². The molecule has 0 saturated carbocycles. The molecule has 92 valence electrons. The molecule has 2 fully saturated rings. The fraction of sp³-hybridized carbons (Fsp3) is 0.846. The van der Waals surface area contributed by atoms with E-state index < -0.39 is 0 Å². The fourth-order valence-corrected chi connectivity index (χ4v) is 2.64. The largest absolute Gasteiger partial charge is 0.303 e. The van der Waals surface area contributed by atoms with Crippen LogP contribution in [0.5, 0.6) is 0 Å². The summed E-state index contributed by atoms with van der Waals surface area (Å²) >= 11 is 0. The van der Waals surface area contributed by atoms with Gasteiger partial charge in [0.2, 0.25) is 0 Å². The molecule has 0 aromatic rings. The van der Waals surface area contributed by atoms with Crippen molar-refractivity contribution in [2.45, 2.75) is 38.8 Å². The molecule has 0 spiro atoms. The normalized spacial score (nSPS) is 24.4. The van der Waals surface area contributed by atoms with Gasteiger partial charge in [0.1, 0.15) is 0 Å². The number of hydrogen-bond donors (Lipinski definition) is 2. The van der Waals surface area contributed by atoms with E-state index in [2.05, 4.69) is 28.5 Å². The molecule has 2 saturated heterocycles. The molecule has 0 radical (unpaired) electrons. The van der Waals surface area contributed by atoms with Crippen molar-refractivity contribution in [3.05, 3.63) is 11.6 Å². The molecule has 2 aliphatic heterocycles. The minimum atomic E-state index is 0.518. The van der Waals surface area contributed by atoms with Crippen LogP contribution in [-0.2, 0) is 0 Å². The molecule has 3 nitrogen and oxygen atoms in total. The second-order valence-corrected chi connectivity index (χ2v) is 4.91. The summed E-state index contributed by atoms with van der Waals surface area (Å²) in [7, 11) is 0. The van der Waals surface area contributed by atoms with Crippen LogP contribution in [0, 0.1) is 0 Å². The SMILES string of the molecule is C/C=C(/CCN1CCCC1)CC1NCCN1. The van der Waals surface area contributed by atoms with Crippen LogP contribution in [0.2, 0.25) is 0 Å². The number of nitrogens with zero attached hydrogens (tertiary/aromatic N) is 1. The third kappa shape index (κ3) is 3.58. The Balaban J connectivity index is 1.68. The monoisotopic (exact) mass is 223 g/mol. The van der Waals surface area contributed by atoms with Gasteiger partial charge in [-0.15, -0.1) is 0 Å². The zero-order valence-electron chi connectivity index (χ0n) is 10.5. The molecule has 2 rings (SSSR count). The lowest BCUT2D eigenvalue weighted by molar-refractivity contribution is 0.340. The van der Waals surface area contributed by atoms with Gasteiger partial charge in [0.25, 0.3) is 0 Å². The molecule has 0 bridgehead atoms. The van der Waals surface area contributed by atoms with Gasteiger partial charge in [0, 0.05) is 19.6 Å².